The van der Waals surface area contributed by atoms with Gasteiger partial charge in [0.25, 0.3) is 0 Å². The summed E-state index contributed by atoms with van der Waals surface area (Å²) in [6, 6.07) is 0.267. The molecule has 0 aromatic rings. The van der Waals surface area contributed by atoms with Crippen molar-refractivity contribution < 1.29 is 0 Å². The van der Waals surface area contributed by atoms with Crippen LogP contribution in [0.1, 0.15) is 123 Å². The summed E-state index contributed by atoms with van der Waals surface area (Å²) in [4.78, 5) is 2.50. The number of unbranched alkanes of at least 4 members (excludes halogenated alkanes) is 15. The summed E-state index contributed by atoms with van der Waals surface area (Å²) in [5, 5.41) is 0. The number of hydrogen-bond donors (Lipinski definition) is 2. The molecule has 4 N–H and O–H groups in total. The Balaban J connectivity index is 3.27. The molecule has 3 nitrogen and oxygen atoms in total. The molecule has 3 heteroatoms. The molecule has 0 aliphatic rings. The third-order valence-electron chi connectivity index (χ3n) is 5.55. The maximum absolute atomic E-state index is 5.95. The summed E-state index contributed by atoms with van der Waals surface area (Å²) < 4.78 is 0. The molecule has 0 rings (SSSR count). The van der Waals surface area contributed by atoms with Crippen LogP contribution < -0.4 is 11.5 Å². The van der Waals surface area contributed by atoms with E-state index >= 15 is 0 Å². The Bertz CT molecular complexity index is 268. The van der Waals surface area contributed by atoms with E-state index in [0.717, 1.165) is 26.1 Å². The van der Waals surface area contributed by atoms with Crippen LogP contribution in [0.2, 0.25) is 0 Å². The molecule has 0 aromatic carbocycles. The first kappa shape index (κ1) is 26.9. The first-order chi connectivity index (χ1) is 13.2. The Morgan fingerprint density at radius 3 is 1.33 bits per heavy atom. The lowest BCUT2D eigenvalue weighted by Gasteiger charge is -2.23. The lowest BCUT2D eigenvalue weighted by Crippen LogP contribution is -2.37. The average Bonchev–Trinajstić information content (AvgIpc) is 2.65. The molecule has 0 saturated carbocycles. The van der Waals surface area contributed by atoms with E-state index in [1.807, 2.05) is 0 Å². The van der Waals surface area contributed by atoms with Gasteiger partial charge in [0.1, 0.15) is 0 Å². The number of nitrogens with zero attached hydrogens (tertiary/aromatic N) is 1. The first-order valence-electron chi connectivity index (χ1n) is 12.4. The van der Waals surface area contributed by atoms with Crippen LogP contribution in [-0.4, -0.2) is 37.1 Å². The number of nitrogens with two attached hydrogens (primary N) is 2. The van der Waals surface area contributed by atoms with Crippen LogP contribution in [0.3, 0.4) is 0 Å². The summed E-state index contributed by atoms with van der Waals surface area (Å²) in [5.74, 6) is 0. The fourth-order valence-electron chi connectivity index (χ4n) is 3.90. The lowest BCUT2D eigenvalue weighted by atomic mass is 10.0. The maximum atomic E-state index is 5.95. The van der Waals surface area contributed by atoms with Crippen LogP contribution >= 0.6 is 0 Å². The second kappa shape index (κ2) is 22.2. The monoisotopic (exact) mass is 383 g/mol. The molecule has 164 valence electrons. The molecule has 27 heavy (non-hydrogen) atoms. The molecule has 0 aliphatic carbocycles. The summed E-state index contributed by atoms with van der Waals surface area (Å²) in [6.45, 7) is 8.50. The van der Waals surface area contributed by atoms with E-state index in [1.165, 1.54) is 109 Å². The Hall–Kier alpha value is -0.120. The van der Waals surface area contributed by atoms with E-state index in [9.17, 15) is 0 Å². The average molecular weight is 384 g/mol. The van der Waals surface area contributed by atoms with Crippen LogP contribution in [-0.2, 0) is 0 Å². The van der Waals surface area contributed by atoms with Gasteiger partial charge in [0.05, 0.1) is 0 Å². The van der Waals surface area contributed by atoms with Gasteiger partial charge in [0, 0.05) is 12.6 Å². The third-order valence-corrected chi connectivity index (χ3v) is 5.55. The van der Waals surface area contributed by atoms with Crippen LogP contribution in [0.5, 0.6) is 0 Å². The predicted molar refractivity (Wildman–Crippen MR) is 123 cm³/mol. The van der Waals surface area contributed by atoms with Crippen molar-refractivity contribution >= 4 is 0 Å². The van der Waals surface area contributed by atoms with Crippen LogP contribution in [0.25, 0.3) is 0 Å². The molecule has 0 saturated heterocycles. The summed E-state index contributed by atoms with van der Waals surface area (Å²) >= 11 is 0. The van der Waals surface area contributed by atoms with Gasteiger partial charge in [0.15, 0.2) is 0 Å². The minimum atomic E-state index is 0.267. The third kappa shape index (κ3) is 22.0. The Labute approximate surface area is 172 Å². The Kier molecular flexibility index (Phi) is 22.1. The molecule has 1 unspecified atom stereocenters. The Morgan fingerprint density at radius 1 is 0.593 bits per heavy atom. The van der Waals surface area contributed by atoms with E-state index < -0.39 is 0 Å². The zero-order valence-corrected chi connectivity index (χ0v) is 19.0. The largest absolute Gasteiger partial charge is 0.330 e. The SMILES string of the molecule is CCCCCCCCCCCCCCCCCCN(CCCN)CC(C)N. The highest BCUT2D eigenvalue weighted by atomic mass is 15.1. The van der Waals surface area contributed by atoms with Gasteiger partial charge in [-0.2, -0.15) is 0 Å². The molecule has 0 fully saturated rings. The molecular formula is C24H53N3. The number of rotatable bonds is 22. The van der Waals surface area contributed by atoms with Crippen LogP contribution in [0.15, 0.2) is 0 Å². The van der Waals surface area contributed by atoms with E-state index in [4.69, 9.17) is 11.5 Å². The van der Waals surface area contributed by atoms with Crippen molar-refractivity contribution in [2.75, 3.05) is 26.2 Å². The van der Waals surface area contributed by atoms with Gasteiger partial charge in [-0.25, -0.2) is 0 Å². The summed E-state index contributed by atoms with van der Waals surface area (Å²) in [5.41, 5.74) is 11.6. The highest BCUT2D eigenvalue weighted by Crippen LogP contribution is 2.13. The highest BCUT2D eigenvalue weighted by molar-refractivity contribution is 4.65. The van der Waals surface area contributed by atoms with Crippen molar-refractivity contribution in [3.8, 4) is 0 Å². The molecule has 0 radical (unpaired) electrons. The summed E-state index contributed by atoms with van der Waals surface area (Å²) in [6.07, 6.45) is 24.0. The second-order valence-corrected chi connectivity index (χ2v) is 8.72. The highest BCUT2D eigenvalue weighted by Gasteiger charge is 2.06. The maximum Gasteiger partial charge on any atom is 0.0139 e. The van der Waals surface area contributed by atoms with Crippen molar-refractivity contribution in [2.45, 2.75) is 129 Å². The summed E-state index contributed by atoms with van der Waals surface area (Å²) in [7, 11) is 0. The Morgan fingerprint density at radius 2 is 0.963 bits per heavy atom. The van der Waals surface area contributed by atoms with E-state index in [1.54, 1.807) is 0 Å². The minimum Gasteiger partial charge on any atom is -0.330 e. The van der Waals surface area contributed by atoms with Gasteiger partial charge in [-0.3, -0.25) is 0 Å². The van der Waals surface area contributed by atoms with Gasteiger partial charge in [-0.15, -0.1) is 0 Å². The second-order valence-electron chi connectivity index (χ2n) is 8.72. The van der Waals surface area contributed by atoms with Crippen molar-refractivity contribution in [2.24, 2.45) is 11.5 Å². The fraction of sp³-hybridized carbons (Fsp3) is 1.00. The van der Waals surface area contributed by atoms with Crippen LogP contribution in [0.4, 0.5) is 0 Å². The first-order valence-corrected chi connectivity index (χ1v) is 12.4. The number of hydrogen-bond acceptors (Lipinski definition) is 3. The quantitative estimate of drug-likeness (QED) is 0.217. The zero-order chi connectivity index (χ0) is 20.0. The molecule has 0 aliphatic heterocycles. The van der Waals surface area contributed by atoms with Crippen LogP contribution in [0, 0.1) is 0 Å². The van der Waals surface area contributed by atoms with E-state index in [-0.39, 0.29) is 6.04 Å². The zero-order valence-electron chi connectivity index (χ0n) is 19.0. The molecule has 0 spiro atoms. The van der Waals surface area contributed by atoms with Crippen molar-refractivity contribution in [3.63, 3.8) is 0 Å². The van der Waals surface area contributed by atoms with Gasteiger partial charge in [0.2, 0.25) is 0 Å². The van der Waals surface area contributed by atoms with Crippen molar-refractivity contribution in [1.82, 2.24) is 4.90 Å². The van der Waals surface area contributed by atoms with Gasteiger partial charge < -0.3 is 16.4 Å². The van der Waals surface area contributed by atoms with Gasteiger partial charge in [-0.05, 0) is 39.4 Å². The molecule has 0 aromatic heterocycles. The lowest BCUT2D eigenvalue weighted by molar-refractivity contribution is 0.253. The molecule has 0 bridgehead atoms. The smallest absolute Gasteiger partial charge is 0.0139 e. The normalized spacial score (nSPS) is 12.8. The molecule has 0 amide bonds. The molecule has 1 atom stereocenters. The standard InChI is InChI=1S/C24H53N3/c1-3-4-5-6-7-8-9-10-11-12-13-14-15-16-17-18-21-27(22-19-20-25)23-24(2)26/h24H,3-23,25-26H2,1-2H3. The van der Waals surface area contributed by atoms with E-state index in [2.05, 4.69) is 18.7 Å². The van der Waals surface area contributed by atoms with Crippen molar-refractivity contribution in [1.29, 1.82) is 0 Å². The molecule has 0 heterocycles. The van der Waals surface area contributed by atoms with E-state index in [0.29, 0.717) is 0 Å². The predicted octanol–water partition coefficient (Wildman–Crippen LogP) is 6.25. The fourth-order valence-corrected chi connectivity index (χ4v) is 3.90. The van der Waals surface area contributed by atoms with Gasteiger partial charge >= 0.3 is 0 Å². The van der Waals surface area contributed by atoms with Crippen molar-refractivity contribution in [3.05, 3.63) is 0 Å². The van der Waals surface area contributed by atoms with Gasteiger partial charge in [-0.1, -0.05) is 103 Å². The molecular weight excluding hydrogens is 330 g/mol. The topological polar surface area (TPSA) is 55.3 Å². The minimum absolute atomic E-state index is 0.267.